The molecule has 2 fully saturated rings. The molecule has 1 aliphatic carbocycles. The lowest BCUT2D eigenvalue weighted by Gasteiger charge is -2.16. The number of amides is 2. The molecule has 1 saturated heterocycles. The van der Waals surface area contributed by atoms with Crippen LogP contribution in [0.25, 0.3) is 0 Å². The van der Waals surface area contributed by atoms with Gasteiger partial charge >= 0.3 is 0 Å². The van der Waals surface area contributed by atoms with E-state index < -0.39 is 0 Å². The predicted molar refractivity (Wildman–Crippen MR) is 58.4 cm³/mol. The topological polar surface area (TPSA) is 57.6 Å². The van der Waals surface area contributed by atoms with Crippen molar-refractivity contribution >= 4 is 11.8 Å². The van der Waals surface area contributed by atoms with Gasteiger partial charge in [0.15, 0.2) is 0 Å². The number of fused-ring (bicyclic) bond motifs is 1. The molecule has 2 amide bonds. The number of imide groups is 1. The number of unbranched alkanes of at least 4 members (excludes halogenated alkanes) is 1. The van der Waals surface area contributed by atoms with E-state index >= 15 is 0 Å². The van der Waals surface area contributed by atoms with E-state index in [-0.39, 0.29) is 30.3 Å². The van der Waals surface area contributed by atoms with Crippen molar-refractivity contribution in [2.75, 3.05) is 13.2 Å². The molecule has 2 atom stereocenters. The quantitative estimate of drug-likeness (QED) is 0.568. The SMILES string of the molecule is CC1CC2C(=O)N(CCCCO)C(=O)C2C1. The number of rotatable bonds is 4. The summed E-state index contributed by atoms with van der Waals surface area (Å²) in [4.78, 5) is 25.4. The minimum absolute atomic E-state index is 0.0253. The highest BCUT2D eigenvalue weighted by Crippen LogP contribution is 2.42. The maximum atomic E-state index is 12.0. The van der Waals surface area contributed by atoms with Crippen LogP contribution in [0.15, 0.2) is 0 Å². The van der Waals surface area contributed by atoms with E-state index in [2.05, 4.69) is 6.92 Å². The molecule has 16 heavy (non-hydrogen) atoms. The van der Waals surface area contributed by atoms with Crippen molar-refractivity contribution in [2.45, 2.75) is 32.6 Å². The van der Waals surface area contributed by atoms with Crippen LogP contribution in [0.2, 0.25) is 0 Å². The lowest BCUT2D eigenvalue weighted by atomic mass is 10.00. The highest BCUT2D eigenvalue weighted by atomic mass is 16.3. The van der Waals surface area contributed by atoms with E-state index in [0.29, 0.717) is 25.3 Å². The van der Waals surface area contributed by atoms with Crippen LogP contribution in [-0.4, -0.2) is 35.0 Å². The number of hydrogen-bond donors (Lipinski definition) is 1. The second kappa shape index (κ2) is 4.53. The van der Waals surface area contributed by atoms with Gasteiger partial charge in [0.2, 0.25) is 11.8 Å². The molecule has 1 N–H and O–H groups in total. The van der Waals surface area contributed by atoms with Gasteiger partial charge in [-0.3, -0.25) is 14.5 Å². The zero-order valence-corrected chi connectivity index (χ0v) is 9.69. The summed E-state index contributed by atoms with van der Waals surface area (Å²) in [6.07, 6.45) is 3.10. The molecule has 2 unspecified atom stereocenters. The van der Waals surface area contributed by atoms with Gasteiger partial charge in [-0.2, -0.15) is 0 Å². The monoisotopic (exact) mass is 225 g/mol. The van der Waals surface area contributed by atoms with Crippen LogP contribution in [0.3, 0.4) is 0 Å². The first-order chi connectivity index (χ1) is 7.65. The van der Waals surface area contributed by atoms with E-state index in [4.69, 9.17) is 5.11 Å². The molecular weight excluding hydrogens is 206 g/mol. The fourth-order valence-electron chi connectivity index (χ4n) is 2.95. The summed E-state index contributed by atoms with van der Waals surface area (Å²) in [5.74, 6) is 0.463. The first-order valence-corrected chi connectivity index (χ1v) is 6.11. The van der Waals surface area contributed by atoms with E-state index in [1.54, 1.807) is 0 Å². The molecule has 0 aromatic rings. The van der Waals surface area contributed by atoms with E-state index in [1.807, 2.05) is 0 Å². The average Bonchev–Trinajstić information content (AvgIpc) is 2.72. The summed E-state index contributed by atoms with van der Waals surface area (Å²) < 4.78 is 0. The Hall–Kier alpha value is -0.900. The van der Waals surface area contributed by atoms with Gasteiger partial charge in [0.05, 0.1) is 11.8 Å². The zero-order valence-electron chi connectivity index (χ0n) is 9.69. The summed E-state index contributed by atoms with van der Waals surface area (Å²) in [5.41, 5.74) is 0. The van der Waals surface area contributed by atoms with Gasteiger partial charge in [-0.15, -0.1) is 0 Å². The van der Waals surface area contributed by atoms with Crippen molar-refractivity contribution < 1.29 is 14.7 Å². The third-order valence-electron chi connectivity index (χ3n) is 3.75. The standard InChI is InChI=1S/C12H19NO3/c1-8-6-9-10(7-8)12(16)13(11(9)15)4-2-3-5-14/h8-10,14H,2-7H2,1H3. The molecule has 0 spiro atoms. The van der Waals surface area contributed by atoms with Crippen LogP contribution in [0.4, 0.5) is 0 Å². The Bertz CT molecular complexity index is 279. The Morgan fingerprint density at radius 1 is 1.19 bits per heavy atom. The highest BCUT2D eigenvalue weighted by molar-refractivity contribution is 6.05. The van der Waals surface area contributed by atoms with Gasteiger partial charge in [0.1, 0.15) is 0 Å². The molecule has 1 aliphatic heterocycles. The normalized spacial score (nSPS) is 33.6. The van der Waals surface area contributed by atoms with Crippen molar-refractivity contribution in [1.29, 1.82) is 0 Å². The summed E-state index contributed by atoms with van der Waals surface area (Å²) in [6, 6.07) is 0. The molecule has 1 heterocycles. The third kappa shape index (κ3) is 1.86. The molecule has 0 aromatic heterocycles. The van der Waals surface area contributed by atoms with Crippen molar-refractivity contribution in [3.8, 4) is 0 Å². The maximum Gasteiger partial charge on any atom is 0.233 e. The summed E-state index contributed by atoms with van der Waals surface area (Å²) in [7, 11) is 0. The first-order valence-electron chi connectivity index (χ1n) is 6.11. The second-order valence-electron chi connectivity index (χ2n) is 5.05. The van der Waals surface area contributed by atoms with Crippen LogP contribution in [0, 0.1) is 17.8 Å². The van der Waals surface area contributed by atoms with Gasteiger partial charge in [-0.05, 0) is 31.6 Å². The van der Waals surface area contributed by atoms with Crippen molar-refractivity contribution in [2.24, 2.45) is 17.8 Å². The smallest absolute Gasteiger partial charge is 0.233 e. The van der Waals surface area contributed by atoms with Crippen molar-refractivity contribution in [3.05, 3.63) is 0 Å². The summed E-state index contributed by atoms with van der Waals surface area (Å²) >= 11 is 0. The van der Waals surface area contributed by atoms with Crippen LogP contribution < -0.4 is 0 Å². The first kappa shape index (κ1) is 11.6. The average molecular weight is 225 g/mol. The predicted octanol–water partition coefficient (Wildman–Crippen LogP) is 0.790. The molecule has 0 bridgehead atoms. The number of aliphatic hydroxyl groups is 1. The van der Waals surface area contributed by atoms with Crippen molar-refractivity contribution in [3.63, 3.8) is 0 Å². The molecule has 1 saturated carbocycles. The van der Waals surface area contributed by atoms with E-state index in [1.165, 1.54) is 4.90 Å². The Morgan fingerprint density at radius 3 is 2.25 bits per heavy atom. The van der Waals surface area contributed by atoms with Crippen molar-refractivity contribution in [1.82, 2.24) is 4.90 Å². The van der Waals surface area contributed by atoms with Gasteiger partial charge in [0.25, 0.3) is 0 Å². The number of likely N-dealkylation sites (tertiary alicyclic amines) is 1. The van der Waals surface area contributed by atoms with Gasteiger partial charge in [-0.1, -0.05) is 6.92 Å². The van der Waals surface area contributed by atoms with Crippen LogP contribution in [0.5, 0.6) is 0 Å². The Balaban J connectivity index is 1.97. The molecule has 4 nitrogen and oxygen atoms in total. The Morgan fingerprint density at radius 2 is 1.75 bits per heavy atom. The second-order valence-corrected chi connectivity index (χ2v) is 5.05. The molecule has 2 aliphatic rings. The highest BCUT2D eigenvalue weighted by Gasteiger charge is 2.51. The summed E-state index contributed by atoms with van der Waals surface area (Å²) in [5, 5.41) is 8.68. The van der Waals surface area contributed by atoms with E-state index in [9.17, 15) is 9.59 Å². The van der Waals surface area contributed by atoms with Crippen LogP contribution in [-0.2, 0) is 9.59 Å². The van der Waals surface area contributed by atoms with E-state index in [0.717, 1.165) is 12.8 Å². The molecule has 4 heteroatoms. The summed E-state index contributed by atoms with van der Waals surface area (Å²) in [6.45, 7) is 2.72. The number of hydrogen-bond acceptors (Lipinski definition) is 3. The van der Waals surface area contributed by atoms with Crippen LogP contribution in [0.1, 0.15) is 32.6 Å². The Labute approximate surface area is 95.6 Å². The number of carbonyl (C=O) groups excluding carboxylic acids is 2. The number of nitrogens with zero attached hydrogens (tertiary/aromatic N) is 1. The minimum Gasteiger partial charge on any atom is -0.396 e. The Kier molecular flexibility index (Phi) is 3.28. The molecule has 90 valence electrons. The molecular formula is C12H19NO3. The fourth-order valence-corrected chi connectivity index (χ4v) is 2.95. The molecule has 2 rings (SSSR count). The number of carbonyl (C=O) groups is 2. The maximum absolute atomic E-state index is 12.0. The lowest BCUT2D eigenvalue weighted by Crippen LogP contribution is -2.33. The van der Waals surface area contributed by atoms with Crippen LogP contribution >= 0.6 is 0 Å². The van der Waals surface area contributed by atoms with Gasteiger partial charge in [-0.25, -0.2) is 0 Å². The fraction of sp³-hybridized carbons (Fsp3) is 0.833. The largest absolute Gasteiger partial charge is 0.396 e. The van der Waals surface area contributed by atoms with Gasteiger partial charge in [0, 0.05) is 13.2 Å². The molecule has 0 aromatic carbocycles. The lowest BCUT2D eigenvalue weighted by molar-refractivity contribution is -0.140. The minimum atomic E-state index is -0.0448. The van der Waals surface area contributed by atoms with Gasteiger partial charge < -0.3 is 5.11 Å². The zero-order chi connectivity index (χ0) is 11.7. The number of aliphatic hydroxyl groups excluding tert-OH is 1. The molecule has 0 radical (unpaired) electrons. The third-order valence-corrected chi connectivity index (χ3v) is 3.75.